The number of hydrogen-bond acceptors (Lipinski definition) is 7. The lowest BCUT2D eigenvalue weighted by molar-refractivity contribution is 0.157. The highest BCUT2D eigenvalue weighted by Gasteiger charge is 2.11. The topological polar surface area (TPSA) is 125 Å². The number of carbonyl (C=O) groups is 1. The number of hydrogen-bond donors (Lipinski definition) is 2. The molecule has 3 rings (SSSR count). The Balaban J connectivity index is 1.97. The summed E-state index contributed by atoms with van der Waals surface area (Å²) < 4.78 is 10.3. The van der Waals surface area contributed by atoms with Crippen LogP contribution in [-0.2, 0) is 4.74 Å². The number of ether oxygens (including phenoxy) is 2. The molecule has 1 aromatic carbocycles. The number of aromatic nitrogens is 3. The third kappa shape index (κ3) is 5.99. The summed E-state index contributed by atoms with van der Waals surface area (Å²) in [5.41, 5.74) is 9.52. The number of rotatable bonds is 6. The van der Waals surface area contributed by atoms with Crippen molar-refractivity contribution in [1.29, 1.82) is 0 Å². The van der Waals surface area contributed by atoms with Crippen molar-refractivity contribution in [2.45, 2.75) is 26.9 Å². The fourth-order valence-electron chi connectivity index (χ4n) is 2.71. The van der Waals surface area contributed by atoms with Gasteiger partial charge in [-0.1, -0.05) is 12.1 Å². The maximum atomic E-state index is 11.6. The molecule has 0 spiro atoms. The molecule has 9 nitrogen and oxygen atoms in total. The maximum absolute atomic E-state index is 11.6. The van der Waals surface area contributed by atoms with E-state index >= 15 is 0 Å². The smallest absolute Gasteiger partial charge is 0.413 e. The van der Waals surface area contributed by atoms with Gasteiger partial charge in [0, 0.05) is 29.7 Å². The monoisotopic (exact) mass is 420 g/mol. The second kappa shape index (κ2) is 10.1. The molecule has 3 aromatic rings. The van der Waals surface area contributed by atoms with Gasteiger partial charge in [0.25, 0.3) is 0 Å². The van der Waals surface area contributed by atoms with Crippen LogP contribution in [0.5, 0.6) is 6.01 Å². The van der Waals surface area contributed by atoms with Crippen molar-refractivity contribution in [2.75, 3.05) is 6.61 Å². The molecule has 160 valence electrons. The Hall–Kier alpha value is -4.01. The van der Waals surface area contributed by atoms with Crippen LogP contribution in [0.4, 0.5) is 10.5 Å². The summed E-state index contributed by atoms with van der Waals surface area (Å²) in [7, 11) is 0. The van der Waals surface area contributed by atoms with E-state index in [1.807, 2.05) is 44.2 Å². The van der Waals surface area contributed by atoms with Gasteiger partial charge in [-0.15, -0.1) is 0 Å². The Labute approximate surface area is 180 Å². The second-order valence-electron chi connectivity index (χ2n) is 6.71. The van der Waals surface area contributed by atoms with Crippen molar-refractivity contribution in [3.8, 4) is 28.4 Å². The first-order valence-corrected chi connectivity index (χ1v) is 9.78. The first-order chi connectivity index (χ1) is 15.0. The van der Waals surface area contributed by atoms with Crippen LogP contribution in [0.2, 0.25) is 0 Å². The highest BCUT2D eigenvalue weighted by atomic mass is 16.5. The predicted molar refractivity (Wildman–Crippen MR) is 118 cm³/mol. The highest BCUT2D eigenvalue weighted by Crippen LogP contribution is 2.33. The van der Waals surface area contributed by atoms with Gasteiger partial charge in [-0.25, -0.2) is 19.8 Å². The van der Waals surface area contributed by atoms with E-state index in [4.69, 9.17) is 15.2 Å². The molecule has 0 saturated carbocycles. The summed E-state index contributed by atoms with van der Waals surface area (Å²) in [6, 6.07) is 11.5. The van der Waals surface area contributed by atoms with Crippen molar-refractivity contribution in [1.82, 2.24) is 20.3 Å². The number of nitrogens with two attached hydrogens (primary N) is 1. The van der Waals surface area contributed by atoms with Crippen molar-refractivity contribution in [3.63, 3.8) is 0 Å². The van der Waals surface area contributed by atoms with E-state index in [2.05, 4.69) is 25.3 Å². The molecular formula is C22H24N6O3. The maximum Gasteiger partial charge on any atom is 0.413 e. The number of aliphatic imine (C=N–C) groups is 1. The van der Waals surface area contributed by atoms with Gasteiger partial charge in [-0.2, -0.15) is 0 Å². The molecule has 2 heterocycles. The summed E-state index contributed by atoms with van der Waals surface area (Å²) in [5, 5.41) is 2.39. The molecule has 0 aliphatic carbocycles. The molecule has 1 amide bonds. The summed E-state index contributed by atoms with van der Waals surface area (Å²) in [4.78, 5) is 28.9. The van der Waals surface area contributed by atoms with Crippen LogP contribution in [0.1, 0.15) is 20.8 Å². The minimum atomic E-state index is -0.666. The van der Waals surface area contributed by atoms with Gasteiger partial charge >= 0.3 is 12.1 Å². The standard InChI is InChI=1S/C22H24N6O3/c1-4-30-22(29)28-20(23)27-19-9-8-15(11-17(19)18-7-5-6-10-24-18)16-12-25-21(26-13-16)31-14(2)3/h5-14H,4H2,1-3H3,(H3,23,27,28,29). The van der Waals surface area contributed by atoms with E-state index in [1.54, 1.807) is 31.6 Å². The molecule has 31 heavy (non-hydrogen) atoms. The van der Waals surface area contributed by atoms with Gasteiger partial charge in [0.15, 0.2) is 0 Å². The molecule has 2 aromatic heterocycles. The number of benzene rings is 1. The van der Waals surface area contributed by atoms with Crippen molar-refractivity contribution >= 4 is 17.7 Å². The Morgan fingerprint density at radius 2 is 1.90 bits per heavy atom. The number of guanidine groups is 1. The van der Waals surface area contributed by atoms with E-state index in [9.17, 15) is 4.79 Å². The van der Waals surface area contributed by atoms with Crippen molar-refractivity contribution < 1.29 is 14.3 Å². The Bertz CT molecular complexity index is 1050. The zero-order valence-corrected chi connectivity index (χ0v) is 17.6. The molecule has 0 unspecified atom stereocenters. The highest BCUT2D eigenvalue weighted by molar-refractivity contribution is 5.95. The summed E-state index contributed by atoms with van der Waals surface area (Å²) >= 11 is 0. The van der Waals surface area contributed by atoms with E-state index in [1.165, 1.54) is 0 Å². The van der Waals surface area contributed by atoms with Crippen LogP contribution >= 0.6 is 0 Å². The Morgan fingerprint density at radius 3 is 2.55 bits per heavy atom. The lowest BCUT2D eigenvalue weighted by Crippen LogP contribution is -2.36. The summed E-state index contributed by atoms with van der Waals surface area (Å²) in [6.07, 6.45) is 4.41. The van der Waals surface area contributed by atoms with E-state index in [0.717, 1.165) is 16.7 Å². The molecule has 0 atom stereocenters. The normalized spacial score (nSPS) is 11.3. The Kier molecular flexibility index (Phi) is 7.10. The predicted octanol–water partition coefficient (Wildman–Crippen LogP) is 3.69. The first kappa shape index (κ1) is 21.7. The first-order valence-electron chi connectivity index (χ1n) is 9.78. The van der Waals surface area contributed by atoms with E-state index < -0.39 is 6.09 Å². The van der Waals surface area contributed by atoms with E-state index in [0.29, 0.717) is 17.4 Å². The molecule has 0 bridgehead atoms. The number of alkyl carbamates (subject to hydrolysis) is 1. The minimum Gasteiger partial charge on any atom is -0.461 e. The fourth-order valence-corrected chi connectivity index (χ4v) is 2.71. The van der Waals surface area contributed by atoms with Gasteiger partial charge in [0.2, 0.25) is 5.96 Å². The average Bonchev–Trinajstić information content (AvgIpc) is 2.75. The molecule has 3 N–H and O–H groups in total. The molecular weight excluding hydrogens is 396 g/mol. The van der Waals surface area contributed by atoms with Gasteiger partial charge in [-0.3, -0.25) is 10.3 Å². The molecule has 9 heteroatoms. The van der Waals surface area contributed by atoms with Crippen LogP contribution in [0.15, 0.2) is 60.0 Å². The molecule has 0 fully saturated rings. The van der Waals surface area contributed by atoms with Crippen LogP contribution in [0.3, 0.4) is 0 Å². The molecule has 0 saturated heterocycles. The summed E-state index contributed by atoms with van der Waals surface area (Å²) in [5.74, 6) is -0.0816. The number of carbonyl (C=O) groups excluding carboxylic acids is 1. The van der Waals surface area contributed by atoms with Crippen molar-refractivity contribution in [3.05, 3.63) is 55.0 Å². The largest absolute Gasteiger partial charge is 0.461 e. The van der Waals surface area contributed by atoms with Crippen LogP contribution < -0.4 is 15.8 Å². The third-order valence-corrected chi connectivity index (χ3v) is 3.99. The van der Waals surface area contributed by atoms with Gasteiger partial charge in [-0.05, 0) is 50.6 Å². The van der Waals surface area contributed by atoms with Crippen LogP contribution in [0, 0.1) is 0 Å². The molecule has 0 radical (unpaired) electrons. The Morgan fingerprint density at radius 1 is 1.13 bits per heavy atom. The SMILES string of the molecule is CCOC(=O)NC(N)=Nc1ccc(-c2cnc(OC(C)C)nc2)cc1-c1ccccn1. The van der Waals surface area contributed by atoms with Crippen molar-refractivity contribution in [2.24, 2.45) is 10.7 Å². The van der Waals surface area contributed by atoms with Gasteiger partial charge in [0.05, 0.1) is 24.1 Å². The third-order valence-electron chi connectivity index (χ3n) is 3.99. The number of pyridine rings is 1. The summed E-state index contributed by atoms with van der Waals surface area (Å²) in [6.45, 7) is 5.77. The van der Waals surface area contributed by atoms with E-state index in [-0.39, 0.29) is 18.7 Å². The van der Waals surface area contributed by atoms with Crippen LogP contribution in [-0.4, -0.2) is 39.7 Å². The lowest BCUT2D eigenvalue weighted by atomic mass is 10.0. The number of nitrogens with zero attached hydrogens (tertiary/aromatic N) is 4. The molecule has 0 aliphatic heterocycles. The fraction of sp³-hybridized carbons (Fsp3) is 0.227. The average molecular weight is 420 g/mol. The molecule has 0 aliphatic rings. The van der Waals surface area contributed by atoms with Gasteiger partial charge < -0.3 is 15.2 Å². The zero-order valence-electron chi connectivity index (χ0n) is 17.6. The minimum absolute atomic E-state index is 0.00701. The lowest BCUT2D eigenvalue weighted by Gasteiger charge is -2.11. The quantitative estimate of drug-likeness (QED) is 0.460. The number of nitrogens with one attached hydrogen (secondary N) is 1. The second-order valence-corrected chi connectivity index (χ2v) is 6.71. The van der Waals surface area contributed by atoms with Gasteiger partial charge in [0.1, 0.15) is 0 Å². The number of amides is 1. The van der Waals surface area contributed by atoms with Crippen LogP contribution in [0.25, 0.3) is 22.4 Å². The zero-order chi connectivity index (χ0) is 22.2.